The number of aliphatic hydroxyl groups excluding tert-OH is 1. The van der Waals surface area contributed by atoms with Crippen LogP contribution in [-0.2, 0) is 11.0 Å². The zero-order chi connectivity index (χ0) is 17.0. The van der Waals surface area contributed by atoms with Gasteiger partial charge in [0.2, 0.25) is 0 Å². The van der Waals surface area contributed by atoms with Crippen LogP contribution in [0.2, 0.25) is 0 Å². The van der Waals surface area contributed by atoms with E-state index in [2.05, 4.69) is 4.52 Å². The molecule has 0 saturated heterocycles. The number of rotatable bonds is 6. The molecule has 0 fully saturated rings. The Bertz CT molecular complexity index is 708. The van der Waals surface area contributed by atoms with Crippen molar-refractivity contribution in [3.05, 3.63) is 53.6 Å². The van der Waals surface area contributed by atoms with Gasteiger partial charge in [0.1, 0.15) is 17.2 Å². The Morgan fingerprint density at radius 2 is 1.70 bits per heavy atom. The topological polar surface area (TPSA) is 127 Å². The molecule has 0 bridgehead atoms. The molecule has 2 rings (SSSR count). The van der Waals surface area contributed by atoms with E-state index in [1.165, 1.54) is 30.3 Å². The first kappa shape index (κ1) is 17.3. The Hall–Kier alpha value is -2.05. The van der Waals surface area contributed by atoms with Crippen molar-refractivity contribution in [1.82, 2.24) is 0 Å². The molecule has 0 aromatic heterocycles. The van der Waals surface area contributed by atoms with E-state index in [0.717, 1.165) is 5.56 Å². The van der Waals surface area contributed by atoms with E-state index in [9.17, 15) is 19.9 Å². The van der Waals surface area contributed by atoms with Gasteiger partial charge in [-0.2, -0.15) is 0 Å². The zero-order valence-electron chi connectivity index (χ0n) is 12.0. The average molecular weight is 340 g/mol. The number of aromatic hydroxyl groups is 2. The zero-order valence-corrected chi connectivity index (χ0v) is 12.9. The maximum atomic E-state index is 11.0. The largest absolute Gasteiger partial charge is 0.524 e. The molecule has 8 heteroatoms. The molecule has 0 aliphatic carbocycles. The number of hydrogen-bond donors (Lipinski definition) is 5. The summed E-state index contributed by atoms with van der Waals surface area (Å²) in [5.74, 6) is -0.446. The van der Waals surface area contributed by atoms with Gasteiger partial charge in [-0.1, -0.05) is 18.2 Å². The first-order valence-electron chi connectivity index (χ1n) is 6.79. The summed E-state index contributed by atoms with van der Waals surface area (Å²) in [6, 6.07) is 10.3. The van der Waals surface area contributed by atoms with Crippen LogP contribution in [-0.4, -0.2) is 25.1 Å². The molecule has 2 aromatic carbocycles. The maximum absolute atomic E-state index is 11.0. The summed E-state index contributed by atoms with van der Waals surface area (Å²) < 4.78 is 15.5. The van der Waals surface area contributed by atoms with Gasteiger partial charge >= 0.3 is 7.82 Å². The summed E-state index contributed by atoms with van der Waals surface area (Å²) in [4.78, 5) is 17.8. The van der Waals surface area contributed by atoms with Crippen molar-refractivity contribution in [1.29, 1.82) is 0 Å². The highest BCUT2D eigenvalue weighted by Gasteiger charge is 2.24. The van der Waals surface area contributed by atoms with E-state index in [1.807, 2.05) is 0 Å². The molecule has 0 amide bonds. The SMILES string of the molecule is O=P(O)(O)Oc1cccc(O)c1C(O)CCc1ccc(O)cc1. The van der Waals surface area contributed by atoms with Crippen LogP contribution in [0, 0.1) is 0 Å². The minimum atomic E-state index is -4.81. The molecular weight excluding hydrogens is 323 g/mol. The quantitative estimate of drug-likeness (QED) is 0.510. The van der Waals surface area contributed by atoms with Gasteiger partial charge in [0.05, 0.1) is 11.7 Å². The minimum absolute atomic E-state index is 0.0744. The van der Waals surface area contributed by atoms with Crippen LogP contribution in [0.3, 0.4) is 0 Å². The molecule has 1 unspecified atom stereocenters. The summed E-state index contributed by atoms with van der Waals surface area (Å²) >= 11 is 0. The first-order valence-corrected chi connectivity index (χ1v) is 8.32. The fraction of sp³-hybridized carbons (Fsp3) is 0.200. The van der Waals surface area contributed by atoms with Crippen LogP contribution in [0.1, 0.15) is 23.7 Å². The van der Waals surface area contributed by atoms with Gasteiger partial charge in [-0.25, -0.2) is 4.57 Å². The predicted molar refractivity (Wildman–Crippen MR) is 82.2 cm³/mol. The Morgan fingerprint density at radius 1 is 1.04 bits per heavy atom. The fourth-order valence-electron chi connectivity index (χ4n) is 2.19. The van der Waals surface area contributed by atoms with Crippen molar-refractivity contribution in [3.63, 3.8) is 0 Å². The number of benzene rings is 2. The Labute approximate surface area is 132 Å². The van der Waals surface area contributed by atoms with E-state index < -0.39 is 13.9 Å². The van der Waals surface area contributed by atoms with Crippen LogP contribution in [0.5, 0.6) is 17.2 Å². The van der Waals surface area contributed by atoms with Gasteiger partial charge in [-0.15, -0.1) is 0 Å². The molecule has 23 heavy (non-hydrogen) atoms. The van der Waals surface area contributed by atoms with E-state index in [0.29, 0.717) is 6.42 Å². The van der Waals surface area contributed by atoms with Gasteiger partial charge in [0.25, 0.3) is 0 Å². The van der Waals surface area contributed by atoms with Gasteiger partial charge < -0.3 is 19.8 Å². The van der Waals surface area contributed by atoms with Crippen LogP contribution in [0.25, 0.3) is 0 Å². The van der Waals surface area contributed by atoms with Crippen LogP contribution in [0.15, 0.2) is 42.5 Å². The van der Waals surface area contributed by atoms with E-state index in [1.54, 1.807) is 12.1 Å². The van der Waals surface area contributed by atoms with Crippen LogP contribution in [0.4, 0.5) is 0 Å². The highest BCUT2D eigenvalue weighted by molar-refractivity contribution is 7.46. The van der Waals surface area contributed by atoms with Crippen molar-refractivity contribution in [3.8, 4) is 17.2 Å². The number of phenolic OH excluding ortho intramolecular Hbond substituents is 2. The van der Waals surface area contributed by atoms with Crippen molar-refractivity contribution in [2.75, 3.05) is 0 Å². The molecule has 0 aliphatic heterocycles. The highest BCUT2D eigenvalue weighted by Crippen LogP contribution is 2.44. The summed E-state index contributed by atoms with van der Waals surface area (Å²) in [5, 5.41) is 29.3. The van der Waals surface area contributed by atoms with Gasteiger partial charge in [-0.3, -0.25) is 9.79 Å². The number of phosphoric acid groups is 1. The fourth-order valence-corrected chi connectivity index (χ4v) is 2.60. The van der Waals surface area contributed by atoms with Crippen molar-refractivity contribution >= 4 is 7.82 Å². The lowest BCUT2D eigenvalue weighted by Crippen LogP contribution is -2.03. The Kier molecular flexibility index (Phi) is 5.28. The summed E-state index contributed by atoms with van der Waals surface area (Å²) in [7, 11) is -4.81. The van der Waals surface area contributed by atoms with E-state index >= 15 is 0 Å². The number of aliphatic hydroxyl groups is 1. The molecule has 5 N–H and O–H groups in total. The van der Waals surface area contributed by atoms with Crippen molar-refractivity contribution in [2.45, 2.75) is 18.9 Å². The third kappa shape index (κ3) is 4.97. The molecule has 0 aliphatic rings. The van der Waals surface area contributed by atoms with Crippen molar-refractivity contribution in [2.24, 2.45) is 0 Å². The molecule has 7 nitrogen and oxygen atoms in total. The second kappa shape index (κ2) is 7.02. The minimum Gasteiger partial charge on any atom is -0.508 e. The van der Waals surface area contributed by atoms with Gasteiger partial charge in [0, 0.05) is 0 Å². The summed E-state index contributed by atoms with van der Waals surface area (Å²) in [6.45, 7) is 0. The van der Waals surface area contributed by atoms with Gasteiger partial charge in [-0.05, 0) is 42.7 Å². The monoisotopic (exact) mass is 340 g/mol. The lowest BCUT2D eigenvalue weighted by atomic mass is 10.00. The molecule has 124 valence electrons. The third-order valence-electron chi connectivity index (χ3n) is 3.24. The number of phosphoric ester groups is 1. The average Bonchev–Trinajstić information content (AvgIpc) is 2.45. The number of aryl methyl sites for hydroxylation is 1. The summed E-state index contributed by atoms with van der Waals surface area (Å²) in [5.41, 5.74) is 0.782. The Morgan fingerprint density at radius 3 is 2.30 bits per heavy atom. The normalized spacial score (nSPS) is 12.8. The molecule has 0 heterocycles. The molecule has 1 atom stereocenters. The standard InChI is InChI=1S/C15H17O7P/c16-11-7-4-10(5-8-11)6-9-13(18)15-12(17)2-1-3-14(15)22-23(19,20)21/h1-5,7-8,13,16-18H,6,9H2,(H2,19,20,21). The highest BCUT2D eigenvalue weighted by atomic mass is 31.2. The van der Waals surface area contributed by atoms with Gasteiger partial charge in [0.15, 0.2) is 0 Å². The van der Waals surface area contributed by atoms with Crippen LogP contribution < -0.4 is 4.52 Å². The lowest BCUT2D eigenvalue weighted by Gasteiger charge is -2.17. The smallest absolute Gasteiger partial charge is 0.508 e. The third-order valence-corrected chi connectivity index (χ3v) is 3.67. The molecule has 0 saturated carbocycles. The molecule has 0 radical (unpaired) electrons. The lowest BCUT2D eigenvalue weighted by molar-refractivity contribution is 0.160. The second-order valence-electron chi connectivity index (χ2n) is 4.99. The number of hydrogen-bond acceptors (Lipinski definition) is 5. The predicted octanol–water partition coefficient (Wildman–Crippen LogP) is 2.24. The molecule has 0 spiro atoms. The van der Waals surface area contributed by atoms with Crippen LogP contribution >= 0.6 is 7.82 Å². The Balaban J connectivity index is 2.16. The first-order chi connectivity index (χ1) is 10.8. The van der Waals surface area contributed by atoms with E-state index in [-0.39, 0.29) is 29.2 Å². The number of phenols is 2. The van der Waals surface area contributed by atoms with E-state index in [4.69, 9.17) is 9.79 Å². The molecule has 2 aromatic rings. The second-order valence-corrected chi connectivity index (χ2v) is 6.16. The van der Waals surface area contributed by atoms with Crippen molar-refractivity contribution < 1.29 is 34.2 Å². The summed E-state index contributed by atoms with van der Waals surface area (Å²) in [6.07, 6.45) is -0.545. The molecular formula is C15H17O7P. The maximum Gasteiger partial charge on any atom is 0.524 e.